The lowest BCUT2D eigenvalue weighted by molar-refractivity contribution is -0.258. The first-order valence-electron chi connectivity index (χ1n) is 10.3. The van der Waals surface area contributed by atoms with E-state index in [9.17, 15) is 46.5 Å². The van der Waals surface area contributed by atoms with E-state index in [4.69, 9.17) is 15.6 Å². The van der Waals surface area contributed by atoms with E-state index in [1.165, 1.54) is 6.92 Å². The van der Waals surface area contributed by atoms with Gasteiger partial charge in [-0.3, -0.25) is 10.8 Å². The molecule has 3 aliphatic heterocycles. The summed E-state index contributed by atoms with van der Waals surface area (Å²) in [6, 6.07) is -3.43. The van der Waals surface area contributed by atoms with Crippen LogP contribution in [0, 0.1) is 10.8 Å². The fraction of sp³-hybridized carbons (Fsp3) is 0.526. The molecule has 0 aliphatic carbocycles. The van der Waals surface area contributed by atoms with Crippen molar-refractivity contribution in [3.63, 3.8) is 0 Å². The molecule has 0 amide bonds. The van der Waals surface area contributed by atoms with Crippen molar-refractivity contribution in [3.05, 3.63) is 34.9 Å². The van der Waals surface area contributed by atoms with E-state index >= 15 is 0 Å². The van der Waals surface area contributed by atoms with Gasteiger partial charge in [-0.25, -0.2) is 4.79 Å². The summed E-state index contributed by atoms with van der Waals surface area (Å²) in [7, 11) is 0. The summed E-state index contributed by atoms with van der Waals surface area (Å²) in [4.78, 5) is 13.8. The average molecular weight is 526 g/mol. The van der Waals surface area contributed by atoms with Crippen molar-refractivity contribution in [1.29, 1.82) is 10.8 Å². The Hall–Kier alpha value is -3.31. The molecule has 36 heavy (non-hydrogen) atoms. The number of rotatable bonds is 3. The minimum atomic E-state index is -5.23. The van der Waals surface area contributed by atoms with E-state index in [0.29, 0.717) is 0 Å². The van der Waals surface area contributed by atoms with Crippen LogP contribution in [-0.2, 0) is 17.1 Å². The normalized spacial score (nSPS) is 31.2. The second kappa shape index (κ2) is 7.84. The number of halogens is 6. The van der Waals surface area contributed by atoms with Crippen LogP contribution in [0.5, 0.6) is 0 Å². The Bertz CT molecular complexity index is 1090. The molecule has 3 aliphatic rings. The Morgan fingerprint density at radius 3 is 2.14 bits per heavy atom. The topological polar surface area (TPSA) is 174 Å². The number of benzene rings is 1. The van der Waals surface area contributed by atoms with Gasteiger partial charge in [0.1, 0.15) is 0 Å². The quantitative estimate of drug-likeness (QED) is 0.150. The Balaban J connectivity index is 1.75. The van der Waals surface area contributed by atoms with Crippen LogP contribution in [0.15, 0.2) is 18.2 Å². The molecular weight excluding hydrogens is 506 g/mol. The van der Waals surface area contributed by atoms with Crippen LogP contribution in [0.25, 0.3) is 0 Å². The van der Waals surface area contributed by atoms with Crippen molar-refractivity contribution in [2.45, 2.75) is 55.0 Å². The van der Waals surface area contributed by atoms with Gasteiger partial charge in [0, 0.05) is 0 Å². The zero-order chi connectivity index (χ0) is 27.0. The molecule has 0 aromatic heterocycles. The highest BCUT2D eigenvalue weighted by atomic mass is 19.4. The number of esters is 1. The minimum Gasteiger partial charge on any atom is -0.451 e. The Kier molecular flexibility index (Phi) is 5.62. The van der Waals surface area contributed by atoms with Crippen LogP contribution >= 0.6 is 0 Å². The van der Waals surface area contributed by atoms with Gasteiger partial charge >= 0.3 is 18.3 Å². The van der Waals surface area contributed by atoms with Crippen LogP contribution < -0.4 is 16.0 Å². The molecule has 0 bridgehead atoms. The second-order valence-electron chi connectivity index (χ2n) is 8.63. The molecule has 4 rings (SSSR count). The number of hydrogen-bond acceptors (Lipinski definition) is 7. The molecule has 3 heterocycles. The molecule has 1 aromatic carbocycles. The molecular formula is C19H20F6N6O5. The predicted octanol–water partition coefficient (Wildman–Crippen LogP) is -0.274. The molecule has 3 saturated heterocycles. The van der Waals surface area contributed by atoms with E-state index in [-0.39, 0.29) is 18.2 Å². The Labute approximate surface area is 198 Å². The van der Waals surface area contributed by atoms with E-state index in [2.05, 4.69) is 16.0 Å². The van der Waals surface area contributed by atoms with Gasteiger partial charge < -0.3 is 40.9 Å². The third kappa shape index (κ3) is 3.60. The fourth-order valence-corrected chi connectivity index (χ4v) is 4.97. The van der Waals surface area contributed by atoms with Gasteiger partial charge in [0.15, 0.2) is 23.7 Å². The zero-order valence-corrected chi connectivity index (χ0v) is 18.1. The van der Waals surface area contributed by atoms with Gasteiger partial charge in [-0.15, -0.1) is 0 Å². The number of nitrogens with zero attached hydrogens (tertiary/aromatic N) is 1. The maximum Gasteiger partial charge on any atom is 0.416 e. The summed E-state index contributed by atoms with van der Waals surface area (Å²) >= 11 is 0. The molecule has 8 N–H and O–H groups in total. The van der Waals surface area contributed by atoms with E-state index in [1.54, 1.807) is 0 Å². The molecule has 3 fully saturated rings. The van der Waals surface area contributed by atoms with Gasteiger partial charge in [0.2, 0.25) is 5.79 Å². The van der Waals surface area contributed by atoms with Crippen LogP contribution in [0.2, 0.25) is 0 Å². The molecule has 2 unspecified atom stereocenters. The van der Waals surface area contributed by atoms with E-state index < -0.39 is 89.2 Å². The monoisotopic (exact) mass is 526 g/mol. The third-order valence-electron chi connectivity index (χ3n) is 6.47. The highest BCUT2D eigenvalue weighted by Crippen LogP contribution is 2.47. The lowest BCUT2D eigenvalue weighted by atomic mass is 9.85. The zero-order valence-electron chi connectivity index (χ0n) is 18.1. The van der Waals surface area contributed by atoms with Gasteiger partial charge in [-0.1, -0.05) is 0 Å². The lowest BCUT2D eigenvalue weighted by Crippen LogP contribution is -2.81. The molecule has 198 valence electrons. The first kappa shape index (κ1) is 25.8. The molecule has 5 atom stereocenters. The molecule has 0 saturated carbocycles. The van der Waals surface area contributed by atoms with Crippen LogP contribution in [0.1, 0.15) is 28.4 Å². The maximum absolute atomic E-state index is 13.2. The molecule has 1 spiro atoms. The summed E-state index contributed by atoms with van der Waals surface area (Å²) in [5.41, 5.74) is -6.86. The van der Waals surface area contributed by atoms with Crippen LogP contribution in [0.4, 0.5) is 26.3 Å². The SMILES string of the molecule is CC1[C@H](OC(=O)c2cc(C(F)(F)F)cc(C(F)(F)F)c2)C(O)(O)[C@]23NC(=N)NC2[C@H](CO)NC(=N)N13. The van der Waals surface area contributed by atoms with Crippen molar-refractivity contribution >= 4 is 17.9 Å². The van der Waals surface area contributed by atoms with Crippen molar-refractivity contribution in [2.24, 2.45) is 0 Å². The van der Waals surface area contributed by atoms with Gasteiger partial charge in [0.25, 0.3) is 0 Å². The van der Waals surface area contributed by atoms with Crippen molar-refractivity contribution in [2.75, 3.05) is 6.61 Å². The molecule has 11 nitrogen and oxygen atoms in total. The van der Waals surface area contributed by atoms with Crippen molar-refractivity contribution < 1.29 is 51.2 Å². The lowest BCUT2D eigenvalue weighted by Gasteiger charge is -2.51. The maximum atomic E-state index is 13.2. The number of hydrogen-bond donors (Lipinski definition) is 8. The summed E-state index contributed by atoms with van der Waals surface area (Å²) in [5.74, 6) is -5.80. The van der Waals surface area contributed by atoms with Gasteiger partial charge in [-0.05, 0) is 25.1 Å². The summed E-state index contributed by atoms with van der Waals surface area (Å²) < 4.78 is 84.2. The third-order valence-corrected chi connectivity index (χ3v) is 6.47. The van der Waals surface area contributed by atoms with E-state index in [1.807, 2.05) is 0 Å². The van der Waals surface area contributed by atoms with Gasteiger partial charge in [-0.2, -0.15) is 26.3 Å². The fourth-order valence-electron chi connectivity index (χ4n) is 4.97. The summed E-state index contributed by atoms with van der Waals surface area (Å²) in [6.45, 7) is 0.626. The Morgan fingerprint density at radius 2 is 1.64 bits per heavy atom. The first-order valence-corrected chi connectivity index (χ1v) is 10.3. The smallest absolute Gasteiger partial charge is 0.416 e. The predicted molar refractivity (Wildman–Crippen MR) is 106 cm³/mol. The average Bonchev–Trinajstić information content (AvgIpc) is 3.19. The number of nitrogens with one attached hydrogen (secondary N) is 5. The van der Waals surface area contributed by atoms with E-state index in [0.717, 1.165) is 4.90 Å². The highest BCUT2D eigenvalue weighted by molar-refractivity contribution is 5.91. The van der Waals surface area contributed by atoms with Gasteiger partial charge in [0.05, 0.1) is 41.4 Å². The van der Waals surface area contributed by atoms with Crippen LogP contribution in [-0.4, -0.2) is 80.4 Å². The number of ether oxygens (including phenoxy) is 1. The molecule has 17 heteroatoms. The minimum absolute atomic E-state index is 0.137. The first-order chi connectivity index (χ1) is 16.4. The summed E-state index contributed by atoms with van der Waals surface area (Å²) in [6.07, 6.45) is -12.5. The van der Waals surface area contributed by atoms with Crippen molar-refractivity contribution in [3.8, 4) is 0 Å². The molecule has 0 radical (unpaired) electrons. The number of aliphatic hydroxyl groups is 3. The largest absolute Gasteiger partial charge is 0.451 e. The summed E-state index contributed by atoms with van der Waals surface area (Å²) in [5, 5.41) is 55.8. The van der Waals surface area contributed by atoms with Crippen molar-refractivity contribution in [1.82, 2.24) is 20.9 Å². The standard InChI is InChI=1S/C19H20F6N6O5/c1-6-12(36-13(33)7-2-8(18(20,21)22)4-9(3-7)19(23,24)25)17(34,35)16-11(29-14(26)30-16)10(5-32)28-15(27)31(6)16/h2-4,6,10-12,32,34-35H,5H2,1H3,(H2,27,28)(H3,26,29,30)/t6?,10-,11?,12-,16-/m0/s1. The van der Waals surface area contributed by atoms with Crippen LogP contribution in [0.3, 0.4) is 0 Å². The Morgan fingerprint density at radius 1 is 1.08 bits per heavy atom. The number of carbonyl (C=O) groups excluding carboxylic acids is 1. The number of guanidine groups is 2. The number of aliphatic hydroxyl groups excluding tert-OH is 1. The number of alkyl halides is 6. The highest BCUT2D eigenvalue weighted by Gasteiger charge is 2.77. The molecule has 1 aromatic rings. The second-order valence-corrected chi connectivity index (χ2v) is 8.63. The number of carbonyl (C=O) groups is 1.